The molecule has 23 heavy (non-hydrogen) atoms. The predicted octanol–water partition coefficient (Wildman–Crippen LogP) is 3.75. The molecule has 3 rings (SSSR count). The molecule has 0 saturated heterocycles. The minimum atomic E-state index is -0.00860. The molecule has 2 aromatic rings. The Morgan fingerprint density at radius 1 is 0.957 bits per heavy atom. The van der Waals surface area contributed by atoms with Crippen molar-refractivity contribution in [3.63, 3.8) is 0 Å². The van der Waals surface area contributed by atoms with Crippen LogP contribution in [0, 0.1) is 5.21 Å². The average Bonchev–Trinajstić information content (AvgIpc) is 2.56. The van der Waals surface area contributed by atoms with E-state index in [-0.39, 0.29) is 23.5 Å². The second-order valence-electron chi connectivity index (χ2n) is 6.15. The number of nitrogens with zero attached hydrogens (tertiary/aromatic N) is 1. The third kappa shape index (κ3) is 3.65. The predicted molar refractivity (Wildman–Crippen MR) is 90.0 cm³/mol. The molecule has 2 aromatic carbocycles. The largest absolute Gasteiger partial charge is 0.624 e. The van der Waals surface area contributed by atoms with Crippen LogP contribution in [0.5, 0.6) is 11.5 Å². The van der Waals surface area contributed by atoms with Gasteiger partial charge in [-0.15, -0.1) is 0 Å². The molecule has 0 aliphatic heterocycles. The first kappa shape index (κ1) is 15.4. The fourth-order valence-electron chi connectivity index (χ4n) is 3.31. The molecule has 120 valence electrons. The van der Waals surface area contributed by atoms with Crippen LogP contribution in [-0.2, 0) is 0 Å². The van der Waals surface area contributed by atoms with Crippen molar-refractivity contribution >= 4 is 6.21 Å². The van der Waals surface area contributed by atoms with E-state index in [0.717, 1.165) is 41.5 Å². The van der Waals surface area contributed by atoms with Crippen molar-refractivity contribution in [2.24, 2.45) is 0 Å². The molecule has 0 spiro atoms. The molecular formula is C19H21NO3. The molecule has 0 amide bonds. The summed E-state index contributed by atoms with van der Waals surface area (Å²) in [6.07, 6.45) is 4.99. The van der Waals surface area contributed by atoms with E-state index in [1.807, 2.05) is 30.3 Å². The lowest BCUT2D eigenvalue weighted by molar-refractivity contribution is -0.501. The maximum absolute atomic E-state index is 12.3. The van der Waals surface area contributed by atoms with Crippen molar-refractivity contribution < 1.29 is 15.0 Å². The van der Waals surface area contributed by atoms with E-state index >= 15 is 0 Å². The van der Waals surface area contributed by atoms with E-state index < -0.39 is 0 Å². The smallest absolute Gasteiger partial charge is 0.182 e. The molecule has 1 aliphatic rings. The summed E-state index contributed by atoms with van der Waals surface area (Å²) in [4.78, 5) is 0. The van der Waals surface area contributed by atoms with Gasteiger partial charge in [0.1, 0.15) is 11.5 Å². The maximum atomic E-state index is 12.3. The number of benzene rings is 2. The molecule has 1 saturated carbocycles. The highest BCUT2D eigenvalue weighted by Crippen LogP contribution is 2.38. The van der Waals surface area contributed by atoms with Crippen LogP contribution in [0.3, 0.4) is 0 Å². The summed E-state index contributed by atoms with van der Waals surface area (Å²) < 4.78 is 1.07. The quantitative estimate of drug-likeness (QED) is 0.392. The van der Waals surface area contributed by atoms with Gasteiger partial charge >= 0.3 is 0 Å². The fraction of sp³-hybridized carbons (Fsp3) is 0.316. The van der Waals surface area contributed by atoms with Gasteiger partial charge in [0, 0.05) is 24.5 Å². The highest BCUT2D eigenvalue weighted by atomic mass is 16.5. The van der Waals surface area contributed by atoms with Gasteiger partial charge in [0.15, 0.2) is 12.3 Å². The summed E-state index contributed by atoms with van der Waals surface area (Å²) >= 11 is 0. The molecular weight excluding hydrogens is 290 g/mol. The van der Waals surface area contributed by atoms with Gasteiger partial charge in [0.05, 0.1) is 0 Å². The minimum Gasteiger partial charge on any atom is -0.624 e. The summed E-state index contributed by atoms with van der Waals surface area (Å²) in [6.45, 7) is 0. The summed E-state index contributed by atoms with van der Waals surface area (Å²) in [6, 6.07) is 14.4. The summed E-state index contributed by atoms with van der Waals surface area (Å²) in [5.41, 5.74) is 1.78. The molecule has 1 aliphatic carbocycles. The van der Waals surface area contributed by atoms with Crippen LogP contribution in [0.4, 0.5) is 0 Å². The van der Waals surface area contributed by atoms with Crippen LogP contribution in [0.2, 0.25) is 0 Å². The molecule has 4 heteroatoms. The molecule has 0 bridgehead atoms. The highest BCUT2D eigenvalue weighted by molar-refractivity contribution is 5.75. The standard InChI is InChI=1S/C19H21NO3/c21-17-10-11-18(19(22)12-17)15-6-8-16(9-7-15)20(23)13-14-4-2-1-3-5-14/h1-5,10-13,15-16,21-22H,6-9H2/b20-13+. The van der Waals surface area contributed by atoms with Gasteiger partial charge < -0.3 is 15.4 Å². The molecule has 0 heterocycles. The third-order valence-corrected chi connectivity index (χ3v) is 4.59. The molecule has 0 atom stereocenters. The topological polar surface area (TPSA) is 66.5 Å². The zero-order chi connectivity index (χ0) is 16.2. The molecule has 0 aromatic heterocycles. The lowest BCUT2D eigenvalue weighted by atomic mass is 9.81. The highest BCUT2D eigenvalue weighted by Gasteiger charge is 2.28. The molecule has 0 radical (unpaired) electrons. The molecule has 2 N–H and O–H groups in total. The van der Waals surface area contributed by atoms with Gasteiger partial charge in [-0.1, -0.05) is 24.3 Å². The number of aromatic hydroxyl groups is 2. The molecule has 1 fully saturated rings. The van der Waals surface area contributed by atoms with Gasteiger partial charge in [0.25, 0.3) is 0 Å². The molecule has 0 unspecified atom stereocenters. The van der Waals surface area contributed by atoms with Gasteiger partial charge in [-0.25, -0.2) is 4.74 Å². The van der Waals surface area contributed by atoms with Crippen LogP contribution in [0.15, 0.2) is 48.5 Å². The Labute approximate surface area is 135 Å². The second kappa shape index (κ2) is 6.73. The van der Waals surface area contributed by atoms with E-state index in [2.05, 4.69) is 0 Å². The first-order valence-corrected chi connectivity index (χ1v) is 8.01. The lowest BCUT2D eigenvalue weighted by Crippen LogP contribution is -2.27. The maximum Gasteiger partial charge on any atom is 0.182 e. The van der Waals surface area contributed by atoms with Crippen LogP contribution < -0.4 is 0 Å². The Hall–Kier alpha value is -2.49. The van der Waals surface area contributed by atoms with Crippen molar-refractivity contribution in [1.29, 1.82) is 0 Å². The van der Waals surface area contributed by atoms with Crippen LogP contribution in [0.25, 0.3) is 0 Å². The number of hydrogen-bond acceptors (Lipinski definition) is 3. The van der Waals surface area contributed by atoms with Gasteiger partial charge in [-0.05, 0) is 42.5 Å². The Bertz CT molecular complexity index is 689. The zero-order valence-corrected chi connectivity index (χ0v) is 12.9. The summed E-state index contributed by atoms with van der Waals surface area (Å²) in [5.74, 6) is 0.461. The van der Waals surface area contributed by atoms with Gasteiger partial charge in [-0.3, -0.25) is 0 Å². The Morgan fingerprint density at radius 3 is 2.30 bits per heavy atom. The number of phenols is 2. The normalized spacial score (nSPS) is 22.0. The number of rotatable bonds is 3. The monoisotopic (exact) mass is 311 g/mol. The number of hydroxylamine groups is 1. The van der Waals surface area contributed by atoms with Crippen molar-refractivity contribution in [2.75, 3.05) is 0 Å². The molecule has 4 nitrogen and oxygen atoms in total. The summed E-state index contributed by atoms with van der Waals surface area (Å²) in [7, 11) is 0. The van der Waals surface area contributed by atoms with Crippen LogP contribution >= 0.6 is 0 Å². The Balaban J connectivity index is 1.65. The number of hydrogen-bond donors (Lipinski definition) is 2. The average molecular weight is 311 g/mol. The van der Waals surface area contributed by atoms with Gasteiger partial charge in [0.2, 0.25) is 0 Å². The van der Waals surface area contributed by atoms with E-state index in [9.17, 15) is 15.4 Å². The number of phenolic OH excluding ortho intramolecular Hbond substituents is 2. The van der Waals surface area contributed by atoms with Gasteiger partial charge in [-0.2, -0.15) is 0 Å². The minimum absolute atomic E-state index is 0.00860. The van der Waals surface area contributed by atoms with E-state index in [0.29, 0.717) is 0 Å². The van der Waals surface area contributed by atoms with Crippen molar-refractivity contribution in [3.8, 4) is 11.5 Å². The lowest BCUT2D eigenvalue weighted by Gasteiger charge is -2.28. The second-order valence-corrected chi connectivity index (χ2v) is 6.15. The SMILES string of the molecule is [O-]/[N+](=C/c1ccccc1)C1CCC(c2ccc(O)cc2O)CC1. The van der Waals surface area contributed by atoms with Crippen molar-refractivity contribution in [3.05, 3.63) is 64.9 Å². The van der Waals surface area contributed by atoms with Crippen molar-refractivity contribution in [1.82, 2.24) is 0 Å². The first-order valence-electron chi connectivity index (χ1n) is 8.01. The Morgan fingerprint density at radius 2 is 1.65 bits per heavy atom. The van der Waals surface area contributed by atoms with Crippen molar-refractivity contribution in [2.45, 2.75) is 37.6 Å². The fourth-order valence-corrected chi connectivity index (χ4v) is 3.31. The van der Waals surface area contributed by atoms with E-state index in [4.69, 9.17) is 0 Å². The van der Waals surface area contributed by atoms with Crippen LogP contribution in [-0.4, -0.2) is 27.2 Å². The Kier molecular flexibility index (Phi) is 4.51. The van der Waals surface area contributed by atoms with E-state index in [1.165, 1.54) is 6.07 Å². The first-order chi connectivity index (χ1) is 11.1. The zero-order valence-electron chi connectivity index (χ0n) is 12.9. The summed E-state index contributed by atoms with van der Waals surface area (Å²) in [5, 5.41) is 31.7. The third-order valence-electron chi connectivity index (χ3n) is 4.59. The van der Waals surface area contributed by atoms with Crippen LogP contribution in [0.1, 0.15) is 42.7 Å². The van der Waals surface area contributed by atoms with E-state index in [1.54, 1.807) is 18.3 Å².